The first-order valence-corrected chi connectivity index (χ1v) is 8.40. The van der Waals surface area contributed by atoms with Crippen molar-refractivity contribution in [2.45, 2.75) is 19.4 Å². The molecule has 0 aromatic heterocycles. The number of hydrogen-bond donors (Lipinski definition) is 1. The average Bonchev–Trinajstić information content (AvgIpc) is 2.44. The third-order valence-electron chi connectivity index (χ3n) is 4.84. The lowest BCUT2D eigenvalue weighted by molar-refractivity contribution is -0.150. The highest BCUT2D eigenvalue weighted by atomic mass is 35.5. The van der Waals surface area contributed by atoms with Crippen molar-refractivity contribution in [3.8, 4) is 0 Å². The van der Waals surface area contributed by atoms with Gasteiger partial charge in [-0.1, -0.05) is 23.8 Å². The molecule has 6 heteroatoms. The van der Waals surface area contributed by atoms with Crippen molar-refractivity contribution in [1.82, 2.24) is 4.90 Å². The third kappa shape index (κ3) is 3.00. The lowest BCUT2D eigenvalue weighted by Crippen LogP contribution is -2.63. The van der Waals surface area contributed by atoms with Gasteiger partial charge in [-0.3, -0.25) is 9.59 Å². The molecule has 0 unspecified atom stereocenters. The van der Waals surface area contributed by atoms with Crippen LogP contribution < -0.4 is 4.90 Å². The maximum atomic E-state index is 12.8. The normalized spacial score (nSPS) is 25.3. The lowest BCUT2D eigenvalue weighted by atomic mass is 9.80. The minimum Gasteiger partial charge on any atom is -0.481 e. The van der Waals surface area contributed by atoms with Crippen molar-refractivity contribution < 1.29 is 14.7 Å². The first-order valence-electron chi connectivity index (χ1n) is 8.03. The van der Waals surface area contributed by atoms with Gasteiger partial charge in [-0.25, -0.2) is 0 Å². The fourth-order valence-electron chi connectivity index (χ4n) is 3.42. The fourth-order valence-corrected chi connectivity index (χ4v) is 3.55. The number of amides is 1. The number of benzene rings is 1. The Morgan fingerprint density at radius 1 is 1.12 bits per heavy atom. The minimum atomic E-state index is -0.937. The van der Waals surface area contributed by atoms with E-state index in [1.807, 2.05) is 43.0 Å². The Morgan fingerprint density at radius 3 is 2.25 bits per heavy atom. The van der Waals surface area contributed by atoms with Crippen molar-refractivity contribution >= 4 is 29.2 Å². The first-order chi connectivity index (χ1) is 11.3. The van der Waals surface area contributed by atoms with Gasteiger partial charge >= 0.3 is 5.97 Å². The van der Waals surface area contributed by atoms with E-state index >= 15 is 0 Å². The molecule has 1 aliphatic heterocycles. The van der Waals surface area contributed by atoms with E-state index in [4.69, 9.17) is 16.7 Å². The number of rotatable bonds is 3. The first kappa shape index (κ1) is 16.8. The van der Waals surface area contributed by atoms with Crippen LogP contribution in [0.1, 0.15) is 13.8 Å². The van der Waals surface area contributed by atoms with Crippen LogP contribution in [-0.4, -0.2) is 47.1 Å². The number of carbonyl (C=O) groups excluding carboxylic acids is 1. The number of carboxylic acids is 1. The van der Waals surface area contributed by atoms with Gasteiger partial charge in [0.15, 0.2) is 0 Å². The summed E-state index contributed by atoms with van der Waals surface area (Å²) in [5, 5.41) is 9.85. The second kappa shape index (κ2) is 6.13. The summed E-state index contributed by atoms with van der Waals surface area (Å²) in [6, 6.07) is 7.67. The number of carbonyl (C=O) groups is 2. The summed E-state index contributed by atoms with van der Waals surface area (Å²) in [5.41, 5.74) is 0.702. The summed E-state index contributed by atoms with van der Waals surface area (Å²) in [7, 11) is 0. The van der Waals surface area contributed by atoms with E-state index in [0.29, 0.717) is 24.7 Å². The zero-order valence-electron chi connectivity index (χ0n) is 13.8. The molecule has 1 N–H and O–H groups in total. The van der Waals surface area contributed by atoms with Crippen LogP contribution in [0.3, 0.4) is 0 Å². The fraction of sp³-hybridized carbons (Fsp3) is 0.444. The van der Waals surface area contributed by atoms with E-state index in [1.165, 1.54) is 0 Å². The van der Waals surface area contributed by atoms with Gasteiger partial charge in [0.1, 0.15) is 0 Å². The Hall–Kier alpha value is -2.01. The van der Waals surface area contributed by atoms with Crippen LogP contribution in [-0.2, 0) is 9.59 Å². The van der Waals surface area contributed by atoms with Crippen molar-refractivity contribution in [1.29, 1.82) is 0 Å². The van der Waals surface area contributed by atoms with Crippen molar-refractivity contribution in [2.24, 2.45) is 11.8 Å². The highest BCUT2D eigenvalue weighted by Gasteiger charge is 2.44. The molecule has 1 aliphatic carbocycles. The molecular weight excluding hydrogens is 328 g/mol. The summed E-state index contributed by atoms with van der Waals surface area (Å²) in [6.07, 6.45) is 3.28. The molecule has 1 aromatic carbocycles. The van der Waals surface area contributed by atoms with Crippen LogP contribution in [0.4, 0.5) is 5.69 Å². The molecule has 2 aliphatic rings. The monoisotopic (exact) mass is 348 g/mol. The van der Waals surface area contributed by atoms with Gasteiger partial charge in [-0.15, -0.1) is 0 Å². The Labute approximate surface area is 146 Å². The highest BCUT2D eigenvalue weighted by Crippen LogP contribution is 2.33. The zero-order valence-corrected chi connectivity index (χ0v) is 14.5. The standard InChI is InChI=1S/C18H21ClN2O3/c1-18(2)11-20(13-5-3-12(19)4-6-13)9-10-21(18)16(22)14-7-8-15(14)17(23)24/h3-8,14-15H,9-11H2,1-2H3,(H,23,24)/t14-,15+/m1/s1. The van der Waals surface area contributed by atoms with Crippen LogP contribution in [0.25, 0.3) is 0 Å². The Kier molecular flexibility index (Phi) is 4.30. The smallest absolute Gasteiger partial charge is 0.311 e. The number of hydrogen-bond acceptors (Lipinski definition) is 3. The molecule has 0 radical (unpaired) electrons. The van der Waals surface area contributed by atoms with Gasteiger partial charge in [0.2, 0.25) is 5.91 Å². The van der Waals surface area contributed by atoms with Crippen molar-refractivity contribution in [2.75, 3.05) is 24.5 Å². The van der Waals surface area contributed by atoms with Gasteiger partial charge in [0.25, 0.3) is 0 Å². The molecule has 5 nitrogen and oxygen atoms in total. The van der Waals surface area contributed by atoms with E-state index in [9.17, 15) is 9.59 Å². The second-order valence-electron chi connectivity index (χ2n) is 6.97. The number of halogens is 1. The van der Waals surface area contributed by atoms with E-state index in [0.717, 1.165) is 5.69 Å². The summed E-state index contributed by atoms with van der Waals surface area (Å²) in [6.45, 7) is 6.01. The predicted molar refractivity (Wildman–Crippen MR) is 93.2 cm³/mol. The zero-order chi connectivity index (χ0) is 17.5. The molecule has 0 bridgehead atoms. The average molecular weight is 349 g/mol. The molecule has 3 rings (SSSR count). The maximum Gasteiger partial charge on any atom is 0.311 e. The van der Waals surface area contributed by atoms with Crippen molar-refractivity contribution in [3.63, 3.8) is 0 Å². The largest absolute Gasteiger partial charge is 0.481 e. The summed E-state index contributed by atoms with van der Waals surface area (Å²) in [4.78, 5) is 28.0. The lowest BCUT2D eigenvalue weighted by Gasteiger charge is -2.49. The highest BCUT2D eigenvalue weighted by molar-refractivity contribution is 6.30. The molecule has 0 spiro atoms. The number of piperazine rings is 1. The number of aliphatic carboxylic acids is 1. The van der Waals surface area contributed by atoms with Crippen LogP contribution >= 0.6 is 11.6 Å². The SMILES string of the molecule is CC1(C)CN(c2ccc(Cl)cc2)CCN1C(=O)[C@@H]1C=C[C@@H]1C(=O)O. The molecule has 2 atom stereocenters. The van der Waals surface area contributed by atoms with E-state index in [1.54, 1.807) is 12.2 Å². The van der Waals surface area contributed by atoms with Crippen LogP contribution in [0.5, 0.6) is 0 Å². The van der Waals surface area contributed by atoms with Gasteiger partial charge in [0, 0.05) is 30.3 Å². The second-order valence-corrected chi connectivity index (χ2v) is 7.41. The third-order valence-corrected chi connectivity index (χ3v) is 5.09. The van der Waals surface area contributed by atoms with Gasteiger partial charge in [-0.2, -0.15) is 0 Å². The van der Waals surface area contributed by atoms with Gasteiger partial charge in [0.05, 0.1) is 17.4 Å². The molecule has 24 heavy (non-hydrogen) atoms. The van der Waals surface area contributed by atoms with E-state index in [-0.39, 0.29) is 11.4 Å². The topological polar surface area (TPSA) is 60.9 Å². The number of nitrogens with zero attached hydrogens (tertiary/aromatic N) is 2. The Morgan fingerprint density at radius 2 is 1.75 bits per heavy atom. The van der Waals surface area contributed by atoms with Crippen LogP contribution in [0.2, 0.25) is 5.02 Å². The number of carboxylic acid groups (broad SMARTS) is 1. The van der Waals surface area contributed by atoms with Crippen LogP contribution in [0.15, 0.2) is 36.4 Å². The van der Waals surface area contributed by atoms with Gasteiger partial charge < -0.3 is 14.9 Å². The Balaban J connectivity index is 1.72. The summed E-state index contributed by atoms with van der Waals surface area (Å²) in [5.74, 6) is -2.26. The van der Waals surface area contributed by atoms with E-state index in [2.05, 4.69) is 4.90 Å². The molecular formula is C18H21ClN2O3. The molecule has 1 fully saturated rings. The molecule has 0 saturated carbocycles. The molecule has 1 saturated heterocycles. The molecule has 128 valence electrons. The predicted octanol–water partition coefficient (Wildman–Crippen LogP) is 2.65. The van der Waals surface area contributed by atoms with Crippen LogP contribution in [0, 0.1) is 11.8 Å². The summed E-state index contributed by atoms with van der Waals surface area (Å²) >= 11 is 5.94. The summed E-state index contributed by atoms with van der Waals surface area (Å²) < 4.78 is 0. The quantitative estimate of drug-likeness (QED) is 0.853. The molecule has 1 amide bonds. The Bertz CT molecular complexity index is 684. The number of anilines is 1. The van der Waals surface area contributed by atoms with E-state index < -0.39 is 17.8 Å². The maximum absolute atomic E-state index is 12.8. The molecule has 1 aromatic rings. The van der Waals surface area contributed by atoms with Gasteiger partial charge in [-0.05, 0) is 38.1 Å². The minimum absolute atomic E-state index is 0.0920. The molecule has 1 heterocycles. The van der Waals surface area contributed by atoms with Crippen molar-refractivity contribution in [3.05, 3.63) is 41.4 Å².